The number of aliphatic hydroxyl groups is 1. The molecule has 0 radical (unpaired) electrons. The maximum atomic E-state index is 9.48. The summed E-state index contributed by atoms with van der Waals surface area (Å²) in [5.41, 5.74) is 0.141. The predicted octanol–water partition coefficient (Wildman–Crippen LogP) is 2.27. The summed E-state index contributed by atoms with van der Waals surface area (Å²) in [7, 11) is 1.70. The lowest BCUT2D eigenvalue weighted by molar-refractivity contribution is 0.178. The summed E-state index contributed by atoms with van der Waals surface area (Å²) in [5, 5.41) is 18.1. The van der Waals surface area contributed by atoms with E-state index in [1.165, 1.54) is 25.7 Å². The predicted molar refractivity (Wildman–Crippen MR) is 77.4 cm³/mol. The lowest BCUT2D eigenvalue weighted by Crippen LogP contribution is -2.30. The molecule has 1 aromatic rings. The van der Waals surface area contributed by atoms with Crippen LogP contribution in [0.25, 0.3) is 0 Å². The molecule has 5 heteroatoms. The van der Waals surface area contributed by atoms with Crippen LogP contribution in [0.5, 0.6) is 0 Å². The molecule has 1 heterocycles. The van der Waals surface area contributed by atoms with Gasteiger partial charge < -0.3 is 14.4 Å². The molecule has 0 unspecified atom stereocenters. The zero-order chi connectivity index (χ0) is 14.6. The summed E-state index contributed by atoms with van der Waals surface area (Å²) in [6, 6.07) is 0. The number of rotatable bonds is 7. The highest BCUT2D eigenvalue weighted by Gasteiger charge is 2.40. The van der Waals surface area contributed by atoms with Crippen LogP contribution in [0.2, 0.25) is 0 Å². The fraction of sp³-hybridized carbons (Fsp3) is 0.867. The first-order valence-corrected chi connectivity index (χ1v) is 7.65. The number of hydrogen-bond donors (Lipinski definition) is 1. The molecule has 1 aromatic heterocycles. The molecule has 0 saturated heterocycles. The van der Waals surface area contributed by atoms with Crippen molar-refractivity contribution >= 4 is 0 Å². The molecule has 1 aliphatic carbocycles. The summed E-state index contributed by atoms with van der Waals surface area (Å²) in [6.45, 7) is 5.81. The van der Waals surface area contributed by atoms with E-state index in [2.05, 4.69) is 28.6 Å². The summed E-state index contributed by atoms with van der Waals surface area (Å²) in [5.74, 6) is 2.36. The molecule has 1 saturated carbocycles. The van der Waals surface area contributed by atoms with Crippen LogP contribution >= 0.6 is 0 Å². The van der Waals surface area contributed by atoms with Gasteiger partial charge in [-0.05, 0) is 25.2 Å². The van der Waals surface area contributed by atoms with Crippen LogP contribution in [-0.4, -0.2) is 33.6 Å². The van der Waals surface area contributed by atoms with E-state index in [4.69, 9.17) is 4.74 Å². The number of methoxy groups -OCH3 is 1. The first kappa shape index (κ1) is 15.4. The minimum absolute atomic E-state index is 0.0610. The molecule has 1 N–H and O–H groups in total. The Balaban J connectivity index is 2.35. The second kappa shape index (κ2) is 6.68. The third kappa shape index (κ3) is 3.04. The quantitative estimate of drug-likeness (QED) is 0.833. The first-order chi connectivity index (χ1) is 9.63. The van der Waals surface area contributed by atoms with E-state index < -0.39 is 0 Å². The standard InChI is InChI=1S/C15H27N3O2/c1-12(2)10-15(6-4-5-7-15)14-17-16-13(11-19)18(14)8-9-20-3/h12,19H,4-11H2,1-3H3. The molecule has 0 amide bonds. The highest BCUT2D eigenvalue weighted by molar-refractivity contribution is 5.13. The fourth-order valence-electron chi connectivity index (χ4n) is 3.61. The number of hydrogen-bond acceptors (Lipinski definition) is 4. The van der Waals surface area contributed by atoms with Crippen molar-refractivity contribution in [3.05, 3.63) is 11.6 Å². The Morgan fingerprint density at radius 2 is 2.00 bits per heavy atom. The van der Waals surface area contributed by atoms with E-state index in [0.29, 0.717) is 24.9 Å². The molecular weight excluding hydrogens is 254 g/mol. The second-order valence-corrected chi connectivity index (χ2v) is 6.33. The van der Waals surface area contributed by atoms with Crippen molar-refractivity contribution in [3.63, 3.8) is 0 Å². The van der Waals surface area contributed by atoms with Gasteiger partial charge in [0, 0.05) is 19.1 Å². The van der Waals surface area contributed by atoms with Gasteiger partial charge in [0.15, 0.2) is 5.82 Å². The summed E-state index contributed by atoms with van der Waals surface area (Å²) < 4.78 is 7.27. The molecule has 1 aliphatic rings. The van der Waals surface area contributed by atoms with Crippen molar-refractivity contribution in [3.8, 4) is 0 Å². The van der Waals surface area contributed by atoms with Gasteiger partial charge in [-0.15, -0.1) is 10.2 Å². The second-order valence-electron chi connectivity index (χ2n) is 6.33. The normalized spacial score (nSPS) is 18.1. The molecule has 20 heavy (non-hydrogen) atoms. The molecule has 0 aliphatic heterocycles. The smallest absolute Gasteiger partial charge is 0.158 e. The molecule has 2 rings (SSSR count). The van der Waals surface area contributed by atoms with Crippen LogP contribution in [-0.2, 0) is 23.3 Å². The number of ether oxygens (including phenoxy) is 1. The Morgan fingerprint density at radius 3 is 2.55 bits per heavy atom. The Bertz CT molecular complexity index is 423. The van der Waals surface area contributed by atoms with Gasteiger partial charge in [-0.2, -0.15) is 0 Å². The van der Waals surface area contributed by atoms with Crippen LogP contribution in [0.3, 0.4) is 0 Å². The fourth-order valence-corrected chi connectivity index (χ4v) is 3.61. The molecule has 0 aromatic carbocycles. The summed E-state index contributed by atoms with van der Waals surface area (Å²) in [4.78, 5) is 0. The van der Waals surface area contributed by atoms with Crippen molar-refractivity contribution in [1.82, 2.24) is 14.8 Å². The molecule has 1 fully saturated rings. The average molecular weight is 281 g/mol. The maximum absolute atomic E-state index is 9.48. The van der Waals surface area contributed by atoms with Gasteiger partial charge >= 0.3 is 0 Å². The molecular formula is C15H27N3O2. The van der Waals surface area contributed by atoms with E-state index >= 15 is 0 Å². The summed E-state index contributed by atoms with van der Waals surface area (Å²) >= 11 is 0. The SMILES string of the molecule is COCCn1c(CO)nnc1C1(CC(C)C)CCCC1. The Morgan fingerprint density at radius 1 is 1.30 bits per heavy atom. The first-order valence-electron chi connectivity index (χ1n) is 7.65. The number of nitrogens with zero attached hydrogens (tertiary/aromatic N) is 3. The van der Waals surface area contributed by atoms with Gasteiger partial charge in [0.2, 0.25) is 0 Å². The topological polar surface area (TPSA) is 60.2 Å². The average Bonchev–Trinajstić information content (AvgIpc) is 3.02. The summed E-state index contributed by atoms with van der Waals surface area (Å²) in [6.07, 6.45) is 6.03. The van der Waals surface area contributed by atoms with Crippen LogP contribution in [0, 0.1) is 5.92 Å². The van der Waals surface area contributed by atoms with E-state index in [-0.39, 0.29) is 12.0 Å². The van der Waals surface area contributed by atoms with Gasteiger partial charge in [-0.25, -0.2) is 0 Å². The van der Waals surface area contributed by atoms with E-state index in [9.17, 15) is 5.11 Å². The third-order valence-electron chi connectivity index (χ3n) is 4.32. The lowest BCUT2D eigenvalue weighted by Gasteiger charge is -2.30. The van der Waals surface area contributed by atoms with Gasteiger partial charge in [0.1, 0.15) is 12.4 Å². The lowest BCUT2D eigenvalue weighted by atomic mass is 9.77. The molecule has 114 valence electrons. The maximum Gasteiger partial charge on any atom is 0.158 e. The zero-order valence-electron chi connectivity index (χ0n) is 12.9. The van der Waals surface area contributed by atoms with Crippen molar-refractivity contribution in [1.29, 1.82) is 0 Å². The van der Waals surface area contributed by atoms with Crippen molar-refractivity contribution in [2.24, 2.45) is 5.92 Å². The van der Waals surface area contributed by atoms with E-state index in [0.717, 1.165) is 12.2 Å². The number of aliphatic hydroxyl groups excluding tert-OH is 1. The van der Waals surface area contributed by atoms with E-state index in [1.54, 1.807) is 7.11 Å². The number of aromatic nitrogens is 3. The third-order valence-corrected chi connectivity index (χ3v) is 4.32. The minimum atomic E-state index is -0.0610. The van der Waals surface area contributed by atoms with Gasteiger partial charge in [0.05, 0.1) is 6.61 Å². The Kier molecular flexibility index (Phi) is 5.16. The van der Waals surface area contributed by atoms with Crippen molar-refractivity contribution < 1.29 is 9.84 Å². The largest absolute Gasteiger partial charge is 0.388 e. The van der Waals surface area contributed by atoms with Crippen LogP contribution < -0.4 is 0 Å². The molecule has 0 spiro atoms. The highest BCUT2D eigenvalue weighted by Crippen LogP contribution is 2.45. The molecule has 0 atom stereocenters. The zero-order valence-corrected chi connectivity index (χ0v) is 12.9. The van der Waals surface area contributed by atoms with E-state index in [1.807, 2.05) is 0 Å². The Hall–Kier alpha value is -0.940. The monoisotopic (exact) mass is 281 g/mol. The highest BCUT2D eigenvalue weighted by atomic mass is 16.5. The van der Waals surface area contributed by atoms with Gasteiger partial charge in [0.25, 0.3) is 0 Å². The van der Waals surface area contributed by atoms with Crippen LogP contribution in [0.15, 0.2) is 0 Å². The molecule has 0 bridgehead atoms. The van der Waals surface area contributed by atoms with Crippen molar-refractivity contribution in [2.75, 3.05) is 13.7 Å². The van der Waals surface area contributed by atoms with Crippen LogP contribution in [0.1, 0.15) is 57.6 Å². The molecule has 5 nitrogen and oxygen atoms in total. The van der Waals surface area contributed by atoms with Gasteiger partial charge in [-0.1, -0.05) is 26.7 Å². The van der Waals surface area contributed by atoms with Gasteiger partial charge in [-0.3, -0.25) is 0 Å². The minimum Gasteiger partial charge on any atom is -0.388 e. The van der Waals surface area contributed by atoms with Crippen molar-refractivity contribution in [2.45, 2.75) is 64.5 Å². The Labute approximate surface area is 121 Å². The van der Waals surface area contributed by atoms with Crippen LogP contribution in [0.4, 0.5) is 0 Å².